The predicted molar refractivity (Wildman–Crippen MR) is 90.4 cm³/mol. The Morgan fingerprint density at radius 2 is 1.77 bits per heavy atom. The molecular formula is C18H18N2O6. The molecule has 8 nitrogen and oxygen atoms in total. The van der Waals surface area contributed by atoms with Crippen molar-refractivity contribution in [3.05, 3.63) is 52.8 Å². The maximum Gasteiger partial charge on any atom is 0.354 e. The number of hydrogen-bond donors (Lipinski definition) is 2. The number of benzene rings is 1. The molecule has 0 saturated heterocycles. The van der Waals surface area contributed by atoms with Gasteiger partial charge in [-0.25, -0.2) is 9.78 Å². The fraction of sp³-hybridized carbons (Fsp3) is 0.278. The quantitative estimate of drug-likeness (QED) is 0.852. The van der Waals surface area contributed by atoms with Crippen LogP contribution in [0.4, 0.5) is 0 Å². The molecule has 1 aliphatic rings. The smallest absolute Gasteiger partial charge is 0.354 e. The molecule has 0 radical (unpaired) electrons. The van der Waals surface area contributed by atoms with Crippen LogP contribution in [0.3, 0.4) is 0 Å². The first-order valence-electron chi connectivity index (χ1n) is 7.87. The molecule has 2 heterocycles. The number of carboxylic acid groups (broad SMARTS) is 1. The Bertz CT molecular complexity index is 867. The Labute approximate surface area is 149 Å². The number of aliphatic hydroxyl groups is 1. The monoisotopic (exact) mass is 358 g/mol. The molecule has 136 valence electrons. The van der Waals surface area contributed by atoms with E-state index in [0.29, 0.717) is 22.6 Å². The van der Waals surface area contributed by atoms with E-state index in [2.05, 4.69) is 4.98 Å². The van der Waals surface area contributed by atoms with Crippen LogP contribution in [0.15, 0.2) is 30.3 Å². The van der Waals surface area contributed by atoms with Gasteiger partial charge in [0.05, 0.1) is 27.3 Å². The van der Waals surface area contributed by atoms with Crippen LogP contribution in [0.2, 0.25) is 0 Å². The number of aliphatic hydroxyl groups excluding tert-OH is 1. The maximum absolute atomic E-state index is 12.8. The lowest BCUT2D eigenvalue weighted by Gasteiger charge is -2.33. The second-order valence-electron chi connectivity index (χ2n) is 5.78. The van der Waals surface area contributed by atoms with Gasteiger partial charge in [-0.05, 0) is 24.3 Å². The Hall–Kier alpha value is -3.13. The molecule has 0 bridgehead atoms. The van der Waals surface area contributed by atoms with Gasteiger partial charge in [-0.3, -0.25) is 4.79 Å². The highest BCUT2D eigenvalue weighted by atomic mass is 16.5. The molecule has 1 atom stereocenters. The molecule has 1 aromatic heterocycles. The predicted octanol–water partition coefficient (Wildman–Crippen LogP) is 1.49. The summed E-state index contributed by atoms with van der Waals surface area (Å²) in [6, 6.07) is 7.63. The van der Waals surface area contributed by atoms with Gasteiger partial charge < -0.3 is 24.6 Å². The van der Waals surface area contributed by atoms with Gasteiger partial charge in [0.25, 0.3) is 5.91 Å². The maximum atomic E-state index is 12.8. The summed E-state index contributed by atoms with van der Waals surface area (Å²) in [4.78, 5) is 29.1. The van der Waals surface area contributed by atoms with Crippen molar-refractivity contribution in [2.75, 3.05) is 20.8 Å². The van der Waals surface area contributed by atoms with Crippen molar-refractivity contribution in [3.63, 3.8) is 0 Å². The second-order valence-corrected chi connectivity index (χ2v) is 5.78. The number of nitrogens with zero attached hydrogens (tertiary/aromatic N) is 2. The molecule has 3 rings (SSSR count). The highest BCUT2D eigenvalue weighted by Crippen LogP contribution is 2.39. The number of fused-ring (bicyclic) bond motifs is 1. The lowest BCUT2D eigenvalue weighted by atomic mass is 9.95. The van der Waals surface area contributed by atoms with E-state index in [0.717, 1.165) is 0 Å². The van der Waals surface area contributed by atoms with E-state index in [-0.39, 0.29) is 24.5 Å². The normalized spacial score (nSPS) is 16.0. The number of carbonyl (C=O) groups is 2. The summed E-state index contributed by atoms with van der Waals surface area (Å²) >= 11 is 0. The number of amides is 1. The summed E-state index contributed by atoms with van der Waals surface area (Å²) in [6.07, 6.45) is -0.963. The molecule has 1 aromatic carbocycles. The molecule has 8 heteroatoms. The van der Waals surface area contributed by atoms with Gasteiger partial charge in [-0.15, -0.1) is 0 Å². The molecule has 0 spiro atoms. The van der Waals surface area contributed by atoms with E-state index in [1.165, 1.54) is 37.3 Å². The average molecular weight is 358 g/mol. The molecular weight excluding hydrogens is 340 g/mol. The number of rotatable bonds is 4. The standard InChI is InChI=1S/C18H18N2O6/c1-25-14-6-7-15(26-2)16-10(14)8-20(9-13(16)21)17(22)11-4-3-5-12(19-11)18(23)24/h3-7,13,21H,8-9H2,1-2H3,(H,23,24). The van der Waals surface area contributed by atoms with Gasteiger partial charge in [-0.2, -0.15) is 0 Å². The summed E-state index contributed by atoms with van der Waals surface area (Å²) in [5.41, 5.74) is 1.02. The largest absolute Gasteiger partial charge is 0.496 e. The lowest BCUT2D eigenvalue weighted by Crippen LogP contribution is -2.39. The minimum absolute atomic E-state index is 0.00223. The van der Waals surface area contributed by atoms with E-state index >= 15 is 0 Å². The van der Waals surface area contributed by atoms with E-state index in [1.54, 1.807) is 12.1 Å². The highest BCUT2D eigenvalue weighted by Gasteiger charge is 2.32. The van der Waals surface area contributed by atoms with Crippen molar-refractivity contribution in [1.82, 2.24) is 9.88 Å². The fourth-order valence-corrected chi connectivity index (χ4v) is 3.07. The van der Waals surface area contributed by atoms with Gasteiger partial charge in [0.2, 0.25) is 0 Å². The fourth-order valence-electron chi connectivity index (χ4n) is 3.07. The third-order valence-electron chi connectivity index (χ3n) is 4.26. The summed E-state index contributed by atoms with van der Waals surface area (Å²) in [5, 5.41) is 19.6. The number of carboxylic acids is 1. The molecule has 0 fully saturated rings. The van der Waals surface area contributed by atoms with Crippen molar-refractivity contribution in [3.8, 4) is 11.5 Å². The number of hydrogen-bond acceptors (Lipinski definition) is 6. The van der Waals surface area contributed by atoms with E-state index in [4.69, 9.17) is 14.6 Å². The van der Waals surface area contributed by atoms with Crippen molar-refractivity contribution in [2.24, 2.45) is 0 Å². The Kier molecular flexibility index (Phi) is 4.77. The topological polar surface area (TPSA) is 109 Å². The molecule has 1 amide bonds. The Morgan fingerprint density at radius 3 is 2.42 bits per heavy atom. The number of β-amino-alcohol motifs (C(OH)–C–C–N with tert-alkyl or cyclic N) is 1. The molecule has 1 unspecified atom stereocenters. The zero-order chi connectivity index (χ0) is 18.8. The number of pyridine rings is 1. The number of ether oxygens (including phenoxy) is 2. The summed E-state index contributed by atoms with van der Waals surface area (Å²) in [5.74, 6) is -0.631. The minimum atomic E-state index is -1.21. The first kappa shape index (κ1) is 17.7. The van der Waals surface area contributed by atoms with Gasteiger partial charge in [-0.1, -0.05) is 6.07 Å². The number of methoxy groups -OCH3 is 2. The zero-order valence-electron chi connectivity index (χ0n) is 14.3. The molecule has 2 N–H and O–H groups in total. The molecule has 26 heavy (non-hydrogen) atoms. The van der Waals surface area contributed by atoms with Crippen LogP contribution < -0.4 is 9.47 Å². The summed E-state index contributed by atoms with van der Waals surface area (Å²) in [7, 11) is 3.01. The Balaban J connectivity index is 1.97. The van der Waals surface area contributed by atoms with Crippen LogP contribution >= 0.6 is 0 Å². The second kappa shape index (κ2) is 7.01. The van der Waals surface area contributed by atoms with E-state index in [1.807, 2.05) is 0 Å². The Morgan fingerprint density at radius 1 is 1.12 bits per heavy atom. The molecule has 2 aromatic rings. The number of carbonyl (C=O) groups excluding carboxylic acids is 1. The summed E-state index contributed by atoms with van der Waals surface area (Å²) in [6.45, 7) is 0.221. The van der Waals surface area contributed by atoms with Crippen molar-refractivity contribution < 1.29 is 29.3 Å². The van der Waals surface area contributed by atoms with Gasteiger partial charge in [0.15, 0.2) is 0 Å². The SMILES string of the molecule is COc1ccc(OC)c2c1CN(C(=O)c1cccc(C(=O)O)n1)CC2O. The third-order valence-corrected chi connectivity index (χ3v) is 4.26. The average Bonchev–Trinajstić information content (AvgIpc) is 2.66. The molecule has 0 saturated carbocycles. The van der Waals surface area contributed by atoms with Crippen LogP contribution in [-0.4, -0.2) is 52.7 Å². The van der Waals surface area contributed by atoms with Crippen molar-refractivity contribution >= 4 is 11.9 Å². The van der Waals surface area contributed by atoms with Crippen LogP contribution in [0.1, 0.15) is 38.2 Å². The minimum Gasteiger partial charge on any atom is -0.496 e. The third kappa shape index (κ3) is 3.06. The number of aromatic nitrogens is 1. The molecule has 1 aliphatic heterocycles. The van der Waals surface area contributed by atoms with Crippen LogP contribution in [-0.2, 0) is 6.54 Å². The lowest BCUT2D eigenvalue weighted by molar-refractivity contribution is 0.0532. The van der Waals surface area contributed by atoms with Crippen LogP contribution in [0.25, 0.3) is 0 Å². The van der Waals surface area contributed by atoms with Gasteiger partial charge in [0.1, 0.15) is 29.0 Å². The van der Waals surface area contributed by atoms with Gasteiger partial charge in [0, 0.05) is 11.1 Å². The van der Waals surface area contributed by atoms with E-state index in [9.17, 15) is 14.7 Å². The number of aromatic carboxylic acids is 1. The van der Waals surface area contributed by atoms with Gasteiger partial charge >= 0.3 is 5.97 Å². The zero-order valence-corrected chi connectivity index (χ0v) is 14.3. The summed E-state index contributed by atoms with van der Waals surface area (Å²) < 4.78 is 10.7. The van der Waals surface area contributed by atoms with Crippen LogP contribution in [0.5, 0.6) is 11.5 Å². The van der Waals surface area contributed by atoms with Crippen molar-refractivity contribution in [1.29, 1.82) is 0 Å². The highest BCUT2D eigenvalue weighted by molar-refractivity contribution is 5.94. The van der Waals surface area contributed by atoms with E-state index < -0.39 is 18.0 Å². The first-order chi connectivity index (χ1) is 12.5. The molecule has 0 aliphatic carbocycles. The van der Waals surface area contributed by atoms with Crippen molar-refractivity contribution in [2.45, 2.75) is 12.6 Å². The first-order valence-corrected chi connectivity index (χ1v) is 7.87. The van der Waals surface area contributed by atoms with Crippen LogP contribution in [0, 0.1) is 0 Å².